The summed E-state index contributed by atoms with van der Waals surface area (Å²) in [7, 11) is 0. The maximum absolute atomic E-state index is 13.0. The van der Waals surface area contributed by atoms with Crippen molar-refractivity contribution in [1.82, 2.24) is 5.32 Å². The SMILES string of the molecule is C#CCC(CC#C)COC(=O)[C@H](Cc1ccc(OC(=O)Cc2ccccc2Cc2c(Cl)cccc2Cl)cc1)NC(=O)OC(C)(C)C. The Morgan fingerprint density at radius 1 is 0.870 bits per heavy atom. The van der Waals surface area contributed by atoms with Gasteiger partial charge in [0.2, 0.25) is 0 Å². The number of esters is 2. The third kappa shape index (κ3) is 11.8. The van der Waals surface area contributed by atoms with Gasteiger partial charge in [-0.1, -0.05) is 65.7 Å². The Bertz CT molecular complexity index is 1560. The zero-order chi connectivity index (χ0) is 33.7. The highest BCUT2D eigenvalue weighted by Gasteiger charge is 2.27. The van der Waals surface area contributed by atoms with Crippen LogP contribution in [0.4, 0.5) is 4.79 Å². The highest BCUT2D eigenvalue weighted by molar-refractivity contribution is 6.36. The Balaban J connectivity index is 1.67. The van der Waals surface area contributed by atoms with Crippen molar-refractivity contribution in [2.75, 3.05) is 6.61 Å². The molecule has 0 spiro atoms. The standard InChI is InChI=1S/C37H37Cl2NO6/c1-6-11-26(12-7-2)24-44-35(42)33(40-36(43)46-37(3,4)5)21-25-17-19-29(20-18-25)45-34(41)23-28-14-9-8-13-27(28)22-30-31(38)15-10-16-32(30)39/h1-2,8-10,13-20,26,33H,11-12,21-24H2,3-5H3,(H,40,43)/t33-/m0/s1. The second-order valence-corrected chi connectivity index (χ2v) is 12.5. The van der Waals surface area contributed by atoms with Crippen LogP contribution >= 0.6 is 23.2 Å². The maximum Gasteiger partial charge on any atom is 0.408 e. The quantitative estimate of drug-likeness (QED) is 0.117. The predicted molar refractivity (Wildman–Crippen MR) is 180 cm³/mol. The molecule has 9 heteroatoms. The van der Waals surface area contributed by atoms with Gasteiger partial charge in [-0.25, -0.2) is 9.59 Å². The lowest BCUT2D eigenvalue weighted by Gasteiger charge is -2.23. The lowest BCUT2D eigenvalue weighted by molar-refractivity contribution is -0.147. The van der Waals surface area contributed by atoms with Crippen LogP contribution in [0.2, 0.25) is 10.0 Å². The minimum absolute atomic E-state index is 0.0170. The molecule has 0 unspecified atom stereocenters. The van der Waals surface area contributed by atoms with Gasteiger partial charge in [-0.15, -0.1) is 24.7 Å². The minimum atomic E-state index is -1.05. The van der Waals surface area contributed by atoms with Gasteiger partial charge in [0.25, 0.3) is 0 Å². The number of benzene rings is 3. The molecule has 0 aliphatic carbocycles. The highest BCUT2D eigenvalue weighted by atomic mass is 35.5. The number of carbonyl (C=O) groups is 3. The summed E-state index contributed by atoms with van der Waals surface area (Å²) in [6.07, 6.45) is 11.3. The Labute approximate surface area is 280 Å². The van der Waals surface area contributed by atoms with Crippen LogP contribution in [0.15, 0.2) is 66.7 Å². The highest BCUT2D eigenvalue weighted by Crippen LogP contribution is 2.28. The number of alkyl carbamates (subject to hydrolysis) is 1. The van der Waals surface area contributed by atoms with Crippen molar-refractivity contribution in [2.45, 2.75) is 64.5 Å². The van der Waals surface area contributed by atoms with Crippen LogP contribution < -0.4 is 10.1 Å². The van der Waals surface area contributed by atoms with Crippen molar-refractivity contribution < 1.29 is 28.6 Å². The van der Waals surface area contributed by atoms with E-state index >= 15 is 0 Å². The van der Waals surface area contributed by atoms with E-state index in [2.05, 4.69) is 17.2 Å². The molecule has 0 bridgehead atoms. The normalized spacial score (nSPS) is 11.6. The lowest BCUT2D eigenvalue weighted by Crippen LogP contribution is -2.45. The molecule has 7 nitrogen and oxygen atoms in total. The van der Waals surface area contributed by atoms with Crippen LogP contribution in [0.5, 0.6) is 5.75 Å². The summed E-state index contributed by atoms with van der Waals surface area (Å²) >= 11 is 12.7. The topological polar surface area (TPSA) is 90.9 Å². The summed E-state index contributed by atoms with van der Waals surface area (Å²) in [5.41, 5.74) is 2.40. The number of carbonyl (C=O) groups excluding carboxylic acids is 3. The van der Waals surface area contributed by atoms with Gasteiger partial charge < -0.3 is 19.5 Å². The smallest absolute Gasteiger partial charge is 0.408 e. The summed E-state index contributed by atoms with van der Waals surface area (Å²) in [5.74, 6) is 4.08. The predicted octanol–water partition coefficient (Wildman–Crippen LogP) is 7.37. The molecule has 240 valence electrons. The van der Waals surface area contributed by atoms with E-state index in [0.717, 1.165) is 16.7 Å². The first-order chi connectivity index (χ1) is 21.9. The average Bonchev–Trinajstić information content (AvgIpc) is 2.98. The molecular weight excluding hydrogens is 625 g/mol. The van der Waals surface area contributed by atoms with E-state index in [4.69, 9.17) is 50.3 Å². The number of hydrogen-bond acceptors (Lipinski definition) is 6. The van der Waals surface area contributed by atoms with Crippen LogP contribution in [0, 0.1) is 30.6 Å². The first-order valence-electron chi connectivity index (χ1n) is 14.7. The lowest BCUT2D eigenvalue weighted by atomic mass is 9.98. The van der Waals surface area contributed by atoms with Gasteiger partial charge in [-0.2, -0.15) is 0 Å². The van der Waals surface area contributed by atoms with Gasteiger partial charge in [0, 0.05) is 41.6 Å². The summed E-state index contributed by atoms with van der Waals surface area (Å²) in [6.45, 7) is 5.18. The largest absolute Gasteiger partial charge is 0.464 e. The fraction of sp³-hybridized carbons (Fsp3) is 0.324. The first-order valence-corrected chi connectivity index (χ1v) is 15.5. The number of ether oxygens (including phenoxy) is 3. The third-order valence-corrected chi connectivity index (χ3v) is 7.44. The molecule has 46 heavy (non-hydrogen) atoms. The Morgan fingerprint density at radius 2 is 1.48 bits per heavy atom. The second-order valence-electron chi connectivity index (χ2n) is 11.7. The first kappa shape index (κ1) is 36.0. The fourth-order valence-corrected chi connectivity index (χ4v) is 5.04. The van der Waals surface area contributed by atoms with Crippen LogP contribution in [0.25, 0.3) is 0 Å². The molecule has 0 fully saturated rings. The van der Waals surface area contributed by atoms with Gasteiger partial charge in [-0.05, 0) is 67.3 Å². The molecule has 0 aliphatic heterocycles. The second kappa shape index (κ2) is 17.3. The van der Waals surface area contributed by atoms with Crippen molar-refractivity contribution in [3.05, 3.63) is 99.0 Å². The molecule has 1 amide bonds. The van der Waals surface area contributed by atoms with Crippen molar-refractivity contribution in [1.29, 1.82) is 0 Å². The molecule has 3 rings (SSSR count). The Morgan fingerprint density at radius 3 is 2.07 bits per heavy atom. The molecule has 1 atom stereocenters. The number of amides is 1. The molecule has 0 saturated carbocycles. The molecule has 1 N–H and O–H groups in total. The zero-order valence-corrected chi connectivity index (χ0v) is 27.6. The van der Waals surface area contributed by atoms with Gasteiger partial charge in [0.05, 0.1) is 13.0 Å². The minimum Gasteiger partial charge on any atom is -0.464 e. The van der Waals surface area contributed by atoms with Crippen LogP contribution in [0.1, 0.15) is 55.9 Å². The zero-order valence-electron chi connectivity index (χ0n) is 26.1. The maximum atomic E-state index is 13.0. The van der Waals surface area contributed by atoms with Gasteiger partial charge in [0.15, 0.2) is 0 Å². The molecule has 0 heterocycles. The van der Waals surface area contributed by atoms with Crippen LogP contribution in [0.3, 0.4) is 0 Å². The van der Waals surface area contributed by atoms with Crippen LogP contribution in [-0.2, 0) is 38.3 Å². The molecule has 0 aromatic heterocycles. The number of hydrogen-bond donors (Lipinski definition) is 1. The molecule has 0 radical (unpaired) electrons. The van der Waals surface area contributed by atoms with Crippen molar-refractivity contribution in [3.63, 3.8) is 0 Å². The number of halogens is 2. The van der Waals surface area contributed by atoms with E-state index in [1.165, 1.54) is 0 Å². The number of rotatable bonds is 13. The molecule has 0 saturated heterocycles. The fourth-order valence-electron chi connectivity index (χ4n) is 4.51. The Kier molecular flexibility index (Phi) is 13.6. The molecule has 3 aromatic carbocycles. The van der Waals surface area contributed by atoms with E-state index in [0.29, 0.717) is 40.6 Å². The van der Waals surface area contributed by atoms with Crippen molar-refractivity contribution in [2.24, 2.45) is 5.92 Å². The Hall–Kier alpha value is -4.43. The summed E-state index contributed by atoms with van der Waals surface area (Å²) < 4.78 is 16.4. The number of nitrogens with one attached hydrogen (secondary N) is 1. The molecule has 3 aromatic rings. The monoisotopic (exact) mass is 661 g/mol. The summed E-state index contributed by atoms with van der Waals surface area (Å²) in [5, 5.41) is 3.70. The van der Waals surface area contributed by atoms with Crippen molar-refractivity contribution in [3.8, 4) is 30.4 Å². The van der Waals surface area contributed by atoms with E-state index < -0.39 is 29.7 Å². The average molecular weight is 663 g/mol. The van der Waals surface area contributed by atoms with Gasteiger partial charge in [-0.3, -0.25) is 4.79 Å². The van der Waals surface area contributed by atoms with Gasteiger partial charge >= 0.3 is 18.0 Å². The molecular formula is C37H37Cl2NO6. The van der Waals surface area contributed by atoms with E-state index in [9.17, 15) is 14.4 Å². The van der Waals surface area contributed by atoms with Gasteiger partial charge in [0.1, 0.15) is 17.4 Å². The number of terminal acetylenes is 2. The van der Waals surface area contributed by atoms with Crippen molar-refractivity contribution >= 4 is 41.2 Å². The summed E-state index contributed by atoms with van der Waals surface area (Å²) in [6, 6.07) is 18.5. The third-order valence-electron chi connectivity index (χ3n) is 6.73. The summed E-state index contributed by atoms with van der Waals surface area (Å²) in [4.78, 5) is 38.5. The van der Waals surface area contributed by atoms with E-state index in [-0.39, 0.29) is 25.4 Å². The van der Waals surface area contributed by atoms with E-state index in [1.54, 1.807) is 63.2 Å². The van der Waals surface area contributed by atoms with E-state index in [1.807, 2.05) is 24.3 Å². The van der Waals surface area contributed by atoms with Crippen LogP contribution in [-0.4, -0.2) is 36.3 Å². The molecule has 0 aliphatic rings.